The van der Waals surface area contributed by atoms with Crippen LogP contribution in [-0.4, -0.2) is 28.1 Å². The fourth-order valence-electron chi connectivity index (χ4n) is 1.99. The van der Waals surface area contributed by atoms with Gasteiger partial charge in [-0.05, 0) is 50.4 Å². The number of halogens is 1. The Hall–Kier alpha value is -0.140. The normalized spacial score (nSPS) is 20.4. The molecule has 102 valence electrons. The highest BCUT2D eigenvalue weighted by molar-refractivity contribution is 7.91. The Morgan fingerprint density at radius 2 is 2.39 bits per heavy atom. The van der Waals surface area contributed by atoms with Gasteiger partial charge in [-0.25, -0.2) is 13.1 Å². The molecule has 1 unspecified atom stereocenters. The Morgan fingerprint density at radius 3 is 2.94 bits per heavy atom. The molecule has 7 heteroatoms. The van der Waals surface area contributed by atoms with Crippen molar-refractivity contribution in [3.05, 3.63) is 16.0 Å². The first-order valence-corrected chi connectivity index (χ1v) is 8.63. The third kappa shape index (κ3) is 3.45. The first kappa shape index (κ1) is 14.3. The van der Waals surface area contributed by atoms with Crippen molar-refractivity contribution in [3.63, 3.8) is 0 Å². The summed E-state index contributed by atoms with van der Waals surface area (Å²) in [5.74, 6) is 0.585. The fourth-order valence-corrected chi connectivity index (χ4v) is 4.79. The molecule has 2 heterocycles. The van der Waals surface area contributed by atoms with E-state index in [1.807, 2.05) is 6.92 Å². The number of sulfonamides is 1. The maximum Gasteiger partial charge on any atom is 0.250 e. The van der Waals surface area contributed by atoms with Gasteiger partial charge in [0.2, 0.25) is 10.0 Å². The molecule has 0 bridgehead atoms. The van der Waals surface area contributed by atoms with E-state index < -0.39 is 10.0 Å². The van der Waals surface area contributed by atoms with Crippen LogP contribution in [0.15, 0.2) is 10.3 Å². The van der Waals surface area contributed by atoms with E-state index in [1.165, 1.54) is 0 Å². The van der Waals surface area contributed by atoms with E-state index in [0.717, 1.165) is 42.8 Å². The quantitative estimate of drug-likeness (QED) is 0.874. The standard InChI is InChI=1S/C11H17ClN2O2S2/c1-8-6-10(17-11(8)12)18(15,16)14-5-3-9-2-4-13-7-9/h6,9,13-14H,2-5,7H2,1H3. The van der Waals surface area contributed by atoms with Crippen molar-refractivity contribution in [2.45, 2.75) is 24.0 Å². The van der Waals surface area contributed by atoms with Crippen LogP contribution in [0.2, 0.25) is 4.34 Å². The molecule has 1 aliphatic rings. The van der Waals surface area contributed by atoms with Gasteiger partial charge in [-0.1, -0.05) is 11.6 Å². The molecule has 0 saturated carbocycles. The van der Waals surface area contributed by atoms with Crippen LogP contribution < -0.4 is 10.0 Å². The summed E-state index contributed by atoms with van der Waals surface area (Å²) in [4.78, 5) is 0. The highest BCUT2D eigenvalue weighted by Crippen LogP contribution is 2.29. The van der Waals surface area contributed by atoms with Crippen molar-refractivity contribution in [2.75, 3.05) is 19.6 Å². The second-order valence-electron chi connectivity index (χ2n) is 4.57. The third-order valence-corrected chi connectivity index (χ3v) is 6.60. The molecule has 2 rings (SSSR count). The lowest BCUT2D eigenvalue weighted by molar-refractivity contribution is 0.520. The van der Waals surface area contributed by atoms with Crippen LogP contribution in [0, 0.1) is 12.8 Å². The number of thiophene rings is 1. The summed E-state index contributed by atoms with van der Waals surface area (Å²) in [7, 11) is -3.39. The van der Waals surface area contributed by atoms with Crippen molar-refractivity contribution in [3.8, 4) is 0 Å². The van der Waals surface area contributed by atoms with Crippen LogP contribution in [0.25, 0.3) is 0 Å². The summed E-state index contributed by atoms with van der Waals surface area (Å²) in [6.07, 6.45) is 2.01. The van der Waals surface area contributed by atoms with Gasteiger partial charge >= 0.3 is 0 Å². The first-order chi connectivity index (χ1) is 8.49. The molecule has 18 heavy (non-hydrogen) atoms. The average Bonchev–Trinajstić information content (AvgIpc) is 2.90. The van der Waals surface area contributed by atoms with Crippen molar-refractivity contribution < 1.29 is 8.42 Å². The first-order valence-electron chi connectivity index (χ1n) is 5.95. The number of hydrogen-bond donors (Lipinski definition) is 2. The predicted octanol–water partition coefficient (Wildman–Crippen LogP) is 1.99. The zero-order chi connectivity index (χ0) is 13.2. The lowest BCUT2D eigenvalue weighted by atomic mass is 10.1. The molecular weight excluding hydrogens is 292 g/mol. The number of rotatable bonds is 5. The number of nitrogens with one attached hydrogen (secondary N) is 2. The minimum Gasteiger partial charge on any atom is -0.316 e. The molecule has 4 nitrogen and oxygen atoms in total. The molecule has 1 aromatic heterocycles. The molecule has 0 amide bonds. The number of hydrogen-bond acceptors (Lipinski definition) is 4. The topological polar surface area (TPSA) is 58.2 Å². The smallest absolute Gasteiger partial charge is 0.250 e. The minimum absolute atomic E-state index is 0.301. The molecule has 0 aliphatic carbocycles. The van der Waals surface area contributed by atoms with Crippen LogP contribution in [0.4, 0.5) is 0 Å². The van der Waals surface area contributed by atoms with Crippen LogP contribution in [0.5, 0.6) is 0 Å². The van der Waals surface area contributed by atoms with Gasteiger partial charge in [0.15, 0.2) is 0 Å². The Morgan fingerprint density at radius 1 is 1.61 bits per heavy atom. The Labute approximate surface area is 117 Å². The SMILES string of the molecule is Cc1cc(S(=O)(=O)NCCC2CCNC2)sc1Cl. The third-order valence-electron chi connectivity index (χ3n) is 3.11. The largest absolute Gasteiger partial charge is 0.316 e. The average molecular weight is 309 g/mol. The number of aryl methyl sites for hydroxylation is 1. The van der Waals surface area contributed by atoms with Crippen molar-refractivity contribution >= 4 is 33.0 Å². The van der Waals surface area contributed by atoms with Gasteiger partial charge in [0.25, 0.3) is 0 Å². The molecule has 2 N–H and O–H groups in total. The molecule has 0 radical (unpaired) electrons. The summed E-state index contributed by atoms with van der Waals surface area (Å²) in [6, 6.07) is 1.62. The molecule has 0 aromatic carbocycles. The maximum atomic E-state index is 12.0. The molecular formula is C11H17ClN2O2S2. The van der Waals surface area contributed by atoms with Crippen molar-refractivity contribution in [1.29, 1.82) is 0 Å². The van der Waals surface area contributed by atoms with Crippen molar-refractivity contribution in [1.82, 2.24) is 10.0 Å². The highest BCUT2D eigenvalue weighted by Gasteiger charge is 2.19. The maximum absolute atomic E-state index is 12.0. The fraction of sp³-hybridized carbons (Fsp3) is 0.636. The van der Waals surface area contributed by atoms with E-state index in [-0.39, 0.29) is 0 Å². The highest BCUT2D eigenvalue weighted by atomic mass is 35.5. The summed E-state index contributed by atoms with van der Waals surface area (Å²) < 4.78 is 27.5. The van der Waals surface area contributed by atoms with Gasteiger partial charge in [0.1, 0.15) is 4.21 Å². The van der Waals surface area contributed by atoms with Crippen LogP contribution >= 0.6 is 22.9 Å². The van der Waals surface area contributed by atoms with E-state index in [4.69, 9.17) is 11.6 Å². The zero-order valence-electron chi connectivity index (χ0n) is 10.2. The van der Waals surface area contributed by atoms with Crippen molar-refractivity contribution in [2.24, 2.45) is 5.92 Å². The van der Waals surface area contributed by atoms with Gasteiger partial charge in [0, 0.05) is 6.54 Å². The Kier molecular flexibility index (Phi) is 4.66. The van der Waals surface area contributed by atoms with Crippen LogP contribution in [-0.2, 0) is 10.0 Å². The van der Waals surface area contributed by atoms with E-state index >= 15 is 0 Å². The van der Waals surface area contributed by atoms with E-state index in [9.17, 15) is 8.42 Å². The second kappa shape index (κ2) is 5.88. The van der Waals surface area contributed by atoms with Crippen LogP contribution in [0.3, 0.4) is 0 Å². The monoisotopic (exact) mass is 308 g/mol. The van der Waals surface area contributed by atoms with E-state index in [0.29, 0.717) is 21.0 Å². The van der Waals surface area contributed by atoms with Crippen LogP contribution in [0.1, 0.15) is 18.4 Å². The molecule has 1 atom stereocenters. The van der Waals surface area contributed by atoms with Gasteiger partial charge in [0.05, 0.1) is 4.34 Å². The zero-order valence-corrected chi connectivity index (χ0v) is 12.6. The van der Waals surface area contributed by atoms with E-state index in [1.54, 1.807) is 6.07 Å². The second-order valence-corrected chi connectivity index (χ2v) is 8.22. The Balaban J connectivity index is 1.90. The Bertz CT molecular complexity index is 488. The summed E-state index contributed by atoms with van der Waals surface area (Å²) in [5.41, 5.74) is 0.807. The molecule has 1 aliphatic heterocycles. The summed E-state index contributed by atoms with van der Waals surface area (Å²) >= 11 is 7.00. The molecule has 1 fully saturated rings. The summed E-state index contributed by atoms with van der Waals surface area (Å²) in [5, 5.41) is 3.27. The predicted molar refractivity (Wildman–Crippen MR) is 74.8 cm³/mol. The van der Waals surface area contributed by atoms with Gasteiger partial charge in [-0.2, -0.15) is 0 Å². The lowest BCUT2D eigenvalue weighted by Gasteiger charge is -2.08. The van der Waals surface area contributed by atoms with E-state index in [2.05, 4.69) is 10.0 Å². The molecule has 1 aromatic rings. The van der Waals surface area contributed by atoms with Gasteiger partial charge in [-0.3, -0.25) is 0 Å². The molecule has 1 saturated heterocycles. The minimum atomic E-state index is -3.39. The summed E-state index contributed by atoms with van der Waals surface area (Å²) in [6.45, 7) is 4.33. The molecule has 0 spiro atoms. The van der Waals surface area contributed by atoms with Gasteiger partial charge < -0.3 is 5.32 Å². The van der Waals surface area contributed by atoms with Gasteiger partial charge in [-0.15, -0.1) is 11.3 Å². The lowest BCUT2D eigenvalue weighted by Crippen LogP contribution is -2.26.